The van der Waals surface area contributed by atoms with Crippen molar-refractivity contribution in [2.75, 3.05) is 11.9 Å². The van der Waals surface area contributed by atoms with Crippen molar-refractivity contribution in [1.82, 2.24) is 15.3 Å². The van der Waals surface area contributed by atoms with Crippen molar-refractivity contribution in [3.8, 4) is 0 Å². The molecule has 0 amide bonds. The molecule has 0 saturated carbocycles. The highest BCUT2D eigenvalue weighted by Gasteiger charge is 2.07. The highest BCUT2D eigenvalue weighted by atomic mass is 15.2. The van der Waals surface area contributed by atoms with Gasteiger partial charge >= 0.3 is 0 Å². The van der Waals surface area contributed by atoms with Crippen LogP contribution in [-0.4, -0.2) is 23.1 Å². The Morgan fingerprint density at radius 1 is 1.19 bits per heavy atom. The summed E-state index contributed by atoms with van der Waals surface area (Å²) in [4.78, 5) is 11.2. The van der Waals surface area contributed by atoms with Crippen LogP contribution in [0.5, 0.6) is 0 Å². The molecule has 2 heterocycles. The van der Waals surface area contributed by atoms with Crippen LogP contribution in [0.3, 0.4) is 0 Å². The van der Waals surface area contributed by atoms with Gasteiger partial charge in [-0.25, -0.2) is 4.98 Å². The zero-order valence-corrected chi connectivity index (χ0v) is 13.3. The van der Waals surface area contributed by atoms with Crippen LogP contribution in [0, 0.1) is 6.92 Å². The van der Waals surface area contributed by atoms with E-state index < -0.39 is 0 Å². The first-order chi connectivity index (χ1) is 10.1. The second-order valence-electron chi connectivity index (χ2n) is 5.63. The number of anilines is 1. The van der Waals surface area contributed by atoms with Gasteiger partial charge in [0.05, 0.1) is 12.2 Å². The summed E-state index contributed by atoms with van der Waals surface area (Å²) in [6.45, 7) is 7.99. The Labute approximate surface area is 127 Å². The fourth-order valence-electron chi connectivity index (χ4n) is 2.11. The lowest BCUT2D eigenvalue weighted by Crippen LogP contribution is -2.23. The summed E-state index contributed by atoms with van der Waals surface area (Å²) in [6.07, 6.45) is 1.82. The molecule has 112 valence electrons. The number of hydrogen-bond donors (Lipinski definition) is 1. The van der Waals surface area contributed by atoms with Crippen LogP contribution in [0.25, 0.3) is 0 Å². The number of pyridine rings is 2. The van der Waals surface area contributed by atoms with Gasteiger partial charge in [-0.05, 0) is 30.7 Å². The maximum absolute atomic E-state index is 4.71. The van der Waals surface area contributed by atoms with Gasteiger partial charge in [0.15, 0.2) is 0 Å². The number of hydrogen-bond acceptors (Lipinski definition) is 4. The minimum atomic E-state index is 0.482. The molecule has 2 rings (SSSR count). The van der Waals surface area contributed by atoms with Crippen molar-refractivity contribution in [2.45, 2.75) is 39.9 Å². The lowest BCUT2D eigenvalue weighted by Gasteiger charge is -2.19. The van der Waals surface area contributed by atoms with Crippen molar-refractivity contribution in [1.29, 1.82) is 0 Å². The van der Waals surface area contributed by atoms with Crippen LogP contribution in [0.2, 0.25) is 0 Å². The van der Waals surface area contributed by atoms with E-state index in [9.17, 15) is 0 Å². The average molecular weight is 284 g/mol. The highest BCUT2D eigenvalue weighted by molar-refractivity contribution is 5.41. The van der Waals surface area contributed by atoms with Gasteiger partial charge in [-0.1, -0.05) is 26.0 Å². The van der Waals surface area contributed by atoms with Crippen LogP contribution < -0.4 is 10.2 Å². The summed E-state index contributed by atoms with van der Waals surface area (Å²) in [5, 5.41) is 3.43. The van der Waals surface area contributed by atoms with E-state index in [4.69, 9.17) is 4.98 Å². The summed E-state index contributed by atoms with van der Waals surface area (Å²) >= 11 is 0. The van der Waals surface area contributed by atoms with E-state index >= 15 is 0 Å². The molecule has 0 aliphatic heterocycles. The average Bonchev–Trinajstić information content (AvgIpc) is 2.46. The molecule has 0 aliphatic rings. The van der Waals surface area contributed by atoms with Crippen molar-refractivity contribution < 1.29 is 0 Å². The lowest BCUT2D eigenvalue weighted by molar-refractivity contribution is 0.586. The second kappa shape index (κ2) is 7.18. The fraction of sp³-hybridized carbons (Fsp3) is 0.412. The van der Waals surface area contributed by atoms with E-state index in [1.54, 1.807) is 0 Å². The number of aromatic nitrogens is 2. The van der Waals surface area contributed by atoms with Crippen molar-refractivity contribution in [3.63, 3.8) is 0 Å². The van der Waals surface area contributed by atoms with Crippen LogP contribution in [0.1, 0.15) is 30.8 Å². The molecule has 0 aromatic carbocycles. The summed E-state index contributed by atoms with van der Waals surface area (Å²) in [5.74, 6) is 0.978. The maximum Gasteiger partial charge on any atom is 0.128 e. The van der Waals surface area contributed by atoms with Gasteiger partial charge in [0.1, 0.15) is 5.82 Å². The van der Waals surface area contributed by atoms with E-state index in [0.717, 1.165) is 30.3 Å². The monoisotopic (exact) mass is 284 g/mol. The normalized spacial score (nSPS) is 10.9. The molecule has 0 aliphatic carbocycles. The van der Waals surface area contributed by atoms with Gasteiger partial charge in [0.2, 0.25) is 0 Å². The second-order valence-corrected chi connectivity index (χ2v) is 5.63. The van der Waals surface area contributed by atoms with E-state index in [1.807, 2.05) is 31.4 Å². The van der Waals surface area contributed by atoms with Gasteiger partial charge in [0.25, 0.3) is 0 Å². The number of nitrogens with one attached hydrogen (secondary N) is 1. The first kappa shape index (κ1) is 15.4. The molecule has 2 aromatic rings. The van der Waals surface area contributed by atoms with Crippen molar-refractivity contribution in [3.05, 3.63) is 53.5 Å². The Bertz CT molecular complexity index is 566. The Morgan fingerprint density at radius 2 is 2.00 bits per heavy atom. The van der Waals surface area contributed by atoms with Gasteiger partial charge in [0, 0.05) is 31.5 Å². The first-order valence-electron chi connectivity index (χ1n) is 7.37. The minimum absolute atomic E-state index is 0.482. The summed E-state index contributed by atoms with van der Waals surface area (Å²) < 4.78 is 0. The molecule has 0 spiro atoms. The molecule has 2 aromatic heterocycles. The largest absolute Gasteiger partial charge is 0.354 e. The van der Waals surface area contributed by atoms with Crippen LogP contribution in [0.4, 0.5) is 5.82 Å². The van der Waals surface area contributed by atoms with Crippen LogP contribution >= 0.6 is 0 Å². The number of rotatable bonds is 6. The standard InChI is InChI=1S/C17H24N4/c1-13(2)19-11-15-8-9-17(20-14(15)3)21(4)12-16-7-5-6-10-18-16/h5-10,13,19H,11-12H2,1-4H3. The topological polar surface area (TPSA) is 41.1 Å². The molecule has 4 heteroatoms. The summed E-state index contributed by atoms with van der Waals surface area (Å²) in [5.41, 5.74) is 3.37. The van der Waals surface area contributed by atoms with Crippen LogP contribution in [0.15, 0.2) is 36.5 Å². The number of aryl methyl sites for hydroxylation is 1. The molecule has 0 saturated heterocycles. The third kappa shape index (κ3) is 4.53. The van der Waals surface area contributed by atoms with E-state index in [2.05, 4.69) is 48.1 Å². The SMILES string of the molecule is Cc1nc(N(C)Cc2ccccn2)ccc1CNC(C)C. The van der Waals surface area contributed by atoms with E-state index in [1.165, 1.54) is 5.56 Å². The zero-order valence-electron chi connectivity index (χ0n) is 13.3. The molecule has 0 fully saturated rings. The Morgan fingerprint density at radius 3 is 2.62 bits per heavy atom. The van der Waals surface area contributed by atoms with Gasteiger partial charge in [-0.2, -0.15) is 0 Å². The van der Waals surface area contributed by atoms with Gasteiger partial charge in [-0.15, -0.1) is 0 Å². The fourth-order valence-corrected chi connectivity index (χ4v) is 2.11. The Hall–Kier alpha value is -1.94. The molecule has 21 heavy (non-hydrogen) atoms. The molecule has 0 bridgehead atoms. The van der Waals surface area contributed by atoms with E-state index in [0.29, 0.717) is 6.04 Å². The van der Waals surface area contributed by atoms with Crippen molar-refractivity contribution >= 4 is 5.82 Å². The minimum Gasteiger partial charge on any atom is -0.354 e. The van der Waals surface area contributed by atoms with Crippen LogP contribution in [-0.2, 0) is 13.1 Å². The summed E-state index contributed by atoms with van der Waals surface area (Å²) in [6, 6.07) is 10.7. The van der Waals surface area contributed by atoms with Gasteiger partial charge < -0.3 is 10.2 Å². The zero-order chi connectivity index (χ0) is 15.2. The van der Waals surface area contributed by atoms with Crippen molar-refractivity contribution in [2.24, 2.45) is 0 Å². The number of nitrogens with zero attached hydrogens (tertiary/aromatic N) is 3. The molecular formula is C17H24N4. The molecule has 4 nitrogen and oxygen atoms in total. The van der Waals surface area contributed by atoms with Gasteiger partial charge in [-0.3, -0.25) is 4.98 Å². The predicted molar refractivity (Wildman–Crippen MR) is 87.3 cm³/mol. The Balaban J connectivity index is 2.05. The maximum atomic E-state index is 4.71. The van der Waals surface area contributed by atoms with E-state index in [-0.39, 0.29) is 0 Å². The third-order valence-corrected chi connectivity index (χ3v) is 3.40. The molecule has 1 N–H and O–H groups in total. The Kier molecular flexibility index (Phi) is 5.28. The lowest BCUT2D eigenvalue weighted by atomic mass is 10.2. The highest BCUT2D eigenvalue weighted by Crippen LogP contribution is 2.15. The third-order valence-electron chi connectivity index (χ3n) is 3.40. The quantitative estimate of drug-likeness (QED) is 0.885. The molecular weight excluding hydrogens is 260 g/mol. The predicted octanol–water partition coefficient (Wildman–Crippen LogP) is 2.92. The molecule has 0 atom stereocenters. The smallest absolute Gasteiger partial charge is 0.128 e. The molecule has 0 unspecified atom stereocenters. The first-order valence-corrected chi connectivity index (χ1v) is 7.37. The molecule has 0 radical (unpaired) electrons. The summed E-state index contributed by atoms with van der Waals surface area (Å²) in [7, 11) is 2.04.